The number of carbonyl (C=O) groups excluding carboxylic acids is 1. The average Bonchev–Trinajstić information content (AvgIpc) is 2.38. The van der Waals surface area contributed by atoms with E-state index in [1.807, 2.05) is 0 Å². The van der Waals surface area contributed by atoms with Crippen LogP contribution in [-0.4, -0.2) is 17.9 Å². The van der Waals surface area contributed by atoms with Crippen LogP contribution in [0.1, 0.15) is 15.9 Å². The first-order chi connectivity index (χ1) is 8.70. The van der Waals surface area contributed by atoms with Crippen LogP contribution in [0.3, 0.4) is 0 Å². The summed E-state index contributed by atoms with van der Waals surface area (Å²) in [5.41, 5.74) is 1.04. The van der Waals surface area contributed by atoms with Crippen molar-refractivity contribution in [2.24, 2.45) is 0 Å². The van der Waals surface area contributed by atoms with E-state index in [1.165, 1.54) is 19.2 Å². The molecule has 0 atom stereocenters. The molecule has 0 aliphatic rings. The molecular weight excluding hydrogens is 233 g/mol. The molecule has 0 aliphatic heterocycles. The number of rotatable bonds is 4. The minimum Gasteiger partial charge on any atom is -0.480 e. The van der Waals surface area contributed by atoms with Crippen LogP contribution in [0.5, 0.6) is 5.88 Å². The number of aromatic nitrogens is 1. The van der Waals surface area contributed by atoms with E-state index in [0.717, 1.165) is 0 Å². The van der Waals surface area contributed by atoms with Gasteiger partial charge in [-0.05, 0) is 29.8 Å². The van der Waals surface area contributed by atoms with Crippen molar-refractivity contribution in [3.05, 3.63) is 59.5 Å². The Hall–Kier alpha value is -2.23. The van der Waals surface area contributed by atoms with Gasteiger partial charge in [0.25, 0.3) is 0 Å². The van der Waals surface area contributed by atoms with E-state index >= 15 is 0 Å². The maximum absolute atomic E-state index is 13.0. The quantitative estimate of drug-likeness (QED) is 0.777. The molecule has 1 aromatic carbocycles. The Bertz CT molecular complexity index is 569. The number of ketones is 1. The van der Waals surface area contributed by atoms with Crippen LogP contribution in [0, 0.1) is 5.82 Å². The van der Waals surface area contributed by atoms with Crippen LogP contribution in [0.2, 0.25) is 0 Å². The molecule has 0 saturated carbocycles. The summed E-state index contributed by atoms with van der Waals surface area (Å²) in [5.74, 6) is -0.206. The number of Topliss-reactive ketones (excluding diaryl/α,β-unsaturated/α-hetero) is 1. The fourth-order valence-electron chi connectivity index (χ4n) is 1.69. The van der Waals surface area contributed by atoms with Gasteiger partial charge in [-0.3, -0.25) is 4.79 Å². The summed E-state index contributed by atoms with van der Waals surface area (Å²) in [7, 11) is 1.46. The molecule has 0 aliphatic carbocycles. The topological polar surface area (TPSA) is 39.2 Å². The molecule has 2 rings (SSSR count). The first-order valence-electron chi connectivity index (χ1n) is 5.47. The van der Waals surface area contributed by atoms with Crippen molar-refractivity contribution in [1.29, 1.82) is 0 Å². The first kappa shape index (κ1) is 12.2. The second kappa shape index (κ2) is 5.40. The van der Waals surface area contributed by atoms with Crippen molar-refractivity contribution in [1.82, 2.24) is 4.98 Å². The predicted octanol–water partition coefficient (Wildman–Crippen LogP) is 2.65. The molecule has 0 unspecified atom stereocenters. The van der Waals surface area contributed by atoms with Crippen molar-refractivity contribution < 1.29 is 13.9 Å². The highest BCUT2D eigenvalue weighted by Gasteiger charge is 2.13. The van der Waals surface area contributed by atoms with Gasteiger partial charge in [0, 0.05) is 12.6 Å². The average molecular weight is 245 g/mol. The van der Waals surface area contributed by atoms with Gasteiger partial charge in [0.15, 0.2) is 5.78 Å². The Labute approximate surface area is 104 Å². The van der Waals surface area contributed by atoms with Gasteiger partial charge in [0.05, 0.1) is 12.7 Å². The number of pyridine rings is 1. The number of hydrogen-bond acceptors (Lipinski definition) is 3. The number of halogens is 1. The summed E-state index contributed by atoms with van der Waals surface area (Å²) in [6, 6.07) is 9.30. The summed E-state index contributed by atoms with van der Waals surface area (Å²) in [4.78, 5) is 16.0. The Kier molecular flexibility index (Phi) is 3.67. The molecule has 0 fully saturated rings. The maximum Gasteiger partial charge on any atom is 0.224 e. The third-order valence-electron chi connectivity index (χ3n) is 2.52. The van der Waals surface area contributed by atoms with Crippen LogP contribution in [0.4, 0.5) is 4.39 Å². The van der Waals surface area contributed by atoms with Crippen LogP contribution >= 0.6 is 0 Å². The van der Waals surface area contributed by atoms with E-state index in [4.69, 9.17) is 4.74 Å². The van der Waals surface area contributed by atoms with E-state index in [0.29, 0.717) is 17.0 Å². The SMILES string of the molecule is COc1ncccc1C(=O)Cc1cccc(F)c1. The number of nitrogens with zero attached hydrogens (tertiary/aromatic N) is 1. The highest BCUT2D eigenvalue weighted by molar-refractivity contribution is 5.99. The summed E-state index contributed by atoms with van der Waals surface area (Å²) in [5, 5.41) is 0. The number of hydrogen-bond donors (Lipinski definition) is 0. The van der Waals surface area contributed by atoms with Gasteiger partial charge in [-0.2, -0.15) is 0 Å². The van der Waals surface area contributed by atoms with Crippen LogP contribution in [-0.2, 0) is 6.42 Å². The Morgan fingerprint density at radius 3 is 2.89 bits per heavy atom. The molecular formula is C14H12FNO2. The van der Waals surface area contributed by atoms with Crippen molar-refractivity contribution in [3.8, 4) is 5.88 Å². The van der Waals surface area contributed by atoms with Gasteiger partial charge < -0.3 is 4.74 Å². The highest BCUT2D eigenvalue weighted by Crippen LogP contribution is 2.16. The fraction of sp³-hybridized carbons (Fsp3) is 0.143. The van der Waals surface area contributed by atoms with E-state index < -0.39 is 0 Å². The lowest BCUT2D eigenvalue weighted by molar-refractivity contribution is 0.0989. The Morgan fingerprint density at radius 1 is 1.33 bits per heavy atom. The van der Waals surface area contributed by atoms with Crippen molar-refractivity contribution in [2.45, 2.75) is 6.42 Å². The Balaban J connectivity index is 2.22. The minimum atomic E-state index is -0.349. The molecule has 0 radical (unpaired) electrons. The van der Waals surface area contributed by atoms with E-state index in [9.17, 15) is 9.18 Å². The second-order valence-corrected chi connectivity index (χ2v) is 3.79. The first-order valence-corrected chi connectivity index (χ1v) is 5.47. The molecule has 0 saturated heterocycles. The predicted molar refractivity (Wildman–Crippen MR) is 65.2 cm³/mol. The number of carbonyl (C=O) groups is 1. The lowest BCUT2D eigenvalue weighted by atomic mass is 10.0. The maximum atomic E-state index is 13.0. The molecule has 0 amide bonds. The lowest BCUT2D eigenvalue weighted by Gasteiger charge is -2.06. The summed E-state index contributed by atoms with van der Waals surface area (Å²) in [6.45, 7) is 0. The number of ether oxygens (including phenoxy) is 1. The smallest absolute Gasteiger partial charge is 0.224 e. The van der Waals surface area contributed by atoms with Crippen molar-refractivity contribution >= 4 is 5.78 Å². The van der Waals surface area contributed by atoms with Gasteiger partial charge in [0.1, 0.15) is 5.82 Å². The normalized spacial score (nSPS) is 10.1. The van der Waals surface area contributed by atoms with Gasteiger partial charge in [-0.15, -0.1) is 0 Å². The van der Waals surface area contributed by atoms with Crippen LogP contribution in [0.15, 0.2) is 42.6 Å². The molecule has 1 heterocycles. The van der Waals surface area contributed by atoms with E-state index in [2.05, 4.69) is 4.98 Å². The summed E-state index contributed by atoms with van der Waals surface area (Å²) < 4.78 is 18.0. The van der Waals surface area contributed by atoms with Crippen LogP contribution in [0.25, 0.3) is 0 Å². The van der Waals surface area contributed by atoms with Gasteiger partial charge >= 0.3 is 0 Å². The van der Waals surface area contributed by atoms with Gasteiger partial charge in [-0.1, -0.05) is 12.1 Å². The molecule has 0 bridgehead atoms. The van der Waals surface area contributed by atoms with Crippen molar-refractivity contribution in [2.75, 3.05) is 7.11 Å². The minimum absolute atomic E-state index is 0.125. The molecule has 4 heteroatoms. The third kappa shape index (κ3) is 2.71. The van der Waals surface area contributed by atoms with Gasteiger partial charge in [0.2, 0.25) is 5.88 Å². The molecule has 1 aromatic heterocycles. The lowest BCUT2D eigenvalue weighted by Crippen LogP contribution is -2.06. The second-order valence-electron chi connectivity index (χ2n) is 3.79. The summed E-state index contributed by atoms with van der Waals surface area (Å²) >= 11 is 0. The van der Waals surface area contributed by atoms with E-state index in [1.54, 1.807) is 30.5 Å². The summed E-state index contributed by atoms with van der Waals surface area (Å²) in [6.07, 6.45) is 1.68. The zero-order valence-electron chi connectivity index (χ0n) is 9.89. The molecule has 0 spiro atoms. The largest absolute Gasteiger partial charge is 0.480 e. The van der Waals surface area contributed by atoms with Crippen molar-refractivity contribution in [3.63, 3.8) is 0 Å². The van der Waals surface area contributed by atoms with E-state index in [-0.39, 0.29) is 18.0 Å². The molecule has 0 N–H and O–H groups in total. The zero-order chi connectivity index (χ0) is 13.0. The van der Waals surface area contributed by atoms with Crippen LogP contribution < -0.4 is 4.74 Å². The standard InChI is InChI=1S/C14H12FNO2/c1-18-14-12(6-3-7-16-14)13(17)9-10-4-2-5-11(15)8-10/h2-8H,9H2,1H3. The molecule has 3 nitrogen and oxygen atoms in total. The monoisotopic (exact) mass is 245 g/mol. The molecule has 2 aromatic rings. The molecule has 92 valence electrons. The van der Waals surface area contributed by atoms with Gasteiger partial charge in [-0.25, -0.2) is 9.37 Å². The zero-order valence-corrected chi connectivity index (χ0v) is 9.89. The number of methoxy groups -OCH3 is 1. The fourth-order valence-corrected chi connectivity index (χ4v) is 1.69. The number of benzene rings is 1. The Morgan fingerprint density at radius 2 is 2.17 bits per heavy atom. The highest BCUT2D eigenvalue weighted by atomic mass is 19.1. The molecule has 18 heavy (non-hydrogen) atoms. The third-order valence-corrected chi connectivity index (χ3v) is 2.52.